The van der Waals surface area contributed by atoms with Crippen molar-refractivity contribution < 1.29 is 14.0 Å². The van der Waals surface area contributed by atoms with E-state index in [1.807, 2.05) is 65.5 Å². The molecule has 5 rings (SSSR count). The molecule has 0 saturated heterocycles. The molecule has 0 bridgehead atoms. The van der Waals surface area contributed by atoms with E-state index in [0.717, 1.165) is 22.6 Å². The number of hydrogen-bond acceptors (Lipinski definition) is 7. The fraction of sp³-hybridized carbons (Fsp3) is 0.227. The van der Waals surface area contributed by atoms with Crippen LogP contribution in [0.3, 0.4) is 0 Å². The highest BCUT2D eigenvalue weighted by molar-refractivity contribution is 7.98. The first-order chi connectivity index (χ1) is 14.7. The Morgan fingerprint density at radius 1 is 1.10 bits per heavy atom. The third-order valence-corrected chi connectivity index (χ3v) is 5.86. The molecule has 2 aromatic carbocycles. The first-order valence-electron chi connectivity index (χ1n) is 9.54. The van der Waals surface area contributed by atoms with Crippen LogP contribution >= 0.6 is 11.8 Å². The van der Waals surface area contributed by atoms with E-state index in [1.54, 1.807) is 18.9 Å². The predicted molar refractivity (Wildman–Crippen MR) is 113 cm³/mol. The Labute approximate surface area is 178 Å². The minimum atomic E-state index is -0.0654. The normalized spacial score (nSPS) is 15.7. The molecule has 7 nitrogen and oxygen atoms in total. The second-order valence-corrected chi connectivity index (χ2v) is 7.81. The van der Waals surface area contributed by atoms with Crippen LogP contribution in [0.15, 0.2) is 64.0 Å². The summed E-state index contributed by atoms with van der Waals surface area (Å²) in [7, 11) is 1.66. The Bertz CT molecular complexity index is 1150. The van der Waals surface area contributed by atoms with Gasteiger partial charge in [-0.2, -0.15) is 10.1 Å². The van der Waals surface area contributed by atoms with E-state index in [9.17, 15) is 0 Å². The highest BCUT2D eigenvalue weighted by Gasteiger charge is 2.24. The van der Waals surface area contributed by atoms with Crippen LogP contribution in [-0.2, 0) is 17.9 Å². The lowest BCUT2D eigenvalue weighted by Gasteiger charge is -2.24. The molecular formula is C22H20N4O3S. The largest absolute Gasteiger partial charge is 0.497 e. The van der Waals surface area contributed by atoms with Crippen LogP contribution in [-0.4, -0.2) is 33.3 Å². The summed E-state index contributed by atoms with van der Waals surface area (Å²) in [6.45, 7) is 1.10. The smallest absolute Gasteiger partial charge is 0.278 e. The molecule has 0 aliphatic carbocycles. The number of hydrogen-bond donors (Lipinski definition) is 0. The maximum atomic E-state index is 6.04. The van der Waals surface area contributed by atoms with Crippen molar-refractivity contribution in [3.8, 4) is 28.7 Å². The quantitative estimate of drug-likeness (QED) is 0.437. The second-order valence-electron chi connectivity index (χ2n) is 6.93. The number of methoxy groups -OCH3 is 1. The van der Waals surface area contributed by atoms with Gasteiger partial charge in [-0.05, 0) is 54.3 Å². The minimum absolute atomic E-state index is 0.0654. The summed E-state index contributed by atoms with van der Waals surface area (Å²) < 4.78 is 18.7. The summed E-state index contributed by atoms with van der Waals surface area (Å²) in [6, 6.07) is 17.9. The zero-order valence-corrected chi connectivity index (χ0v) is 17.4. The molecule has 0 saturated carbocycles. The molecule has 0 radical (unpaired) electrons. The molecule has 1 atom stereocenters. The van der Waals surface area contributed by atoms with Gasteiger partial charge < -0.3 is 14.0 Å². The third-order valence-electron chi connectivity index (χ3n) is 5.12. The molecule has 1 aliphatic heterocycles. The maximum absolute atomic E-state index is 6.04. The van der Waals surface area contributed by atoms with E-state index in [-0.39, 0.29) is 6.10 Å². The molecular weight excluding hydrogens is 400 g/mol. The lowest BCUT2D eigenvalue weighted by Crippen LogP contribution is -2.21. The van der Waals surface area contributed by atoms with Crippen molar-refractivity contribution in [1.29, 1.82) is 0 Å². The van der Waals surface area contributed by atoms with E-state index in [1.165, 1.54) is 4.90 Å². The number of nitrogens with zero attached hydrogens (tertiary/aromatic N) is 4. The molecule has 8 heteroatoms. The Kier molecular flexibility index (Phi) is 5.02. The van der Waals surface area contributed by atoms with Crippen LogP contribution in [0, 0.1) is 0 Å². The van der Waals surface area contributed by atoms with Gasteiger partial charge in [0.1, 0.15) is 11.9 Å². The maximum Gasteiger partial charge on any atom is 0.278 e. The summed E-state index contributed by atoms with van der Waals surface area (Å²) in [4.78, 5) is 5.72. The zero-order valence-electron chi connectivity index (χ0n) is 16.6. The van der Waals surface area contributed by atoms with Crippen molar-refractivity contribution in [2.45, 2.75) is 24.2 Å². The highest BCUT2D eigenvalue weighted by atomic mass is 32.2. The molecule has 4 aromatic rings. The highest BCUT2D eigenvalue weighted by Crippen LogP contribution is 2.30. The van der Waals surface area contributed by atoms with Gasteiger partial charge in [0.25, 0.3) is 5.89 Å². The summed E-state index contributed by atoms with van der Waals surface area (Å²) >= 11 is 1.70. The standard InChI is InChI=1S/C22H20N4O3S/c1-27-17-7-3-14(4-8-17)20-12-26-16(13-28-20)11-19(24-26)22-23-21(25-29-22)15-5-9-18(30-2)10-6-15/h3-11,20H,12-13H2,1-2H3/t20-/m0/s1. The molecule has 0 N–H and O–H groups in total. The van der Waals surface area contributed by atoms with Crippen molar-refractivity contribution in [2.75, 3.05) is 13.4 Å². The summed E-state index contributed by atoms with van der Waals surface area (Å²) in [5, 5.41) is 8.80. The van der Waals surface area contributed by atoms with Crippen LogP contribution in [0.4, 0.5) is 0 Å². The number of fused-ring (bicyclic) bond motifs is 1. The topological polar surface area (TPSA) is 75.2 Å². The van der Waals surface area contributed by atoms with Crippen molar-refractivity contribution in [3.05, 3.63) is 65.9 Å². The van der Waals surface area contributed by atoms with E-state index in [2.05, 4.69) is 15.2 Å². The average molecular weight is 420 g/mol. The van der Waals surface area contributed by atoms with Crippen molar-refractivity contribution in [1.82, 2.24) is 19.9 Å². The Morgan fingerprint density at radius 3 is 2.63 bits per heavy atom. The number of ether oxygens (including phenoxy) is 2. The van der Waals surface area contributed by atoms with Crippen molar-refractivity contribution in [3.63, 3.8) is 0 Å². The van der Waals surface area contributed by atoms with Gasteiger partial charge in [0.2, 0.25) is 5.82 Å². The van der Waals surface area contributed by atoms with Crippen LogP contribution in [0.1, 0.15) is 17.4 Å². The molecule has 3 heterocycles. The third kappa shape index (κ3) is 3.59. The lowest BCUT2D eigenvalue weighted by molar-refractivity contribution is -0.00115. The van der Waals surface area contributed by atoms with Crippen molar-refractivity contribution >= 4 is 11.8 Å². The predicted octanol–water partition coefficient (Wildman–Crippen LogP) is 4.60. The Hall–Kier alpha value is -3.10. The van der Waals surface area contributed by atoms with Gasteiger partial charge in [-0.3, -0.25) is 4.68 Å². The number of thioether (sulfide) groups is 1. The van der Waals surface area contributed by atoms with Crippen molar-refractivity contribution in [2.24, 2.45) is 0 Å². The minimum Gasteiger partial charge on any atom is -0.497 e. The van der Waals surface area contributed by atoms with Gasteiger partial charge in [0.05, 0.1) is 26.0 Å². The van der Waals surface area contributed by atoms with Gasteiger partial charge in [0.15, 0.2) is 5.69 Å². The van der Waals surface area contributed by atoms with E-state index >= 15 is 0 Å². The van der Waals surface area contributed by atoms with E-state index in [0.29, 0.717) is 30.6 Å². The summed E-state index contributed by atoms with van der Waals surface area (Å²) in [5.74, 6) is 1.78. The van der Waals surface area contributed by atoms with E-state index in [4.69, 9.17) is 14.0 Å². The summed E-state index contributed by atoms with van der Waals surface area (Å²) in [5.41, 5.74) is 3.64. The molecule has 1 aliphatic rings. The molecule has 0 fully saturated rings. The SMILES string of the molecule is COc1ccc([C@@H]2Cn3nc(-c4nc(-c5ccc(SC)cc5)no4)cc3CO2)cc1. The molecule has 30 heavy (non-hydrogen) atoms. The first kappa shape index (κ1) is 18.9. The lowest BCUT2D eigenvalue weighted by atomic mass is 10.1. The molecule has 2 aromatic heterocycles. The number of aromatic nitrogens is 4. The Balaban J connectivity index is 1.35. The first-order valence-corrected chi connectivity index (χ1v) is 10.8. The second kappa shape index (κ2) is 7.97. The Morgan fingerprint density at radius 2 is 1.90 bits per heavy atom. The van der Waals surface area contributed by atoms with Gasteiger partial charge in [-0.25, -0.2) is 0 Å². The molecule has 0 unspecified atom stereocenters. The monoisotopic (exact) mass is 420 g/mol. The van der Waals surface area contributed by atoms with Gasteiger partial charge in [-0.15, -0.1) is 11.8 Å². The average Bonchev–Trinajstić information content (AvgIpc) is 3.46. The fourth-order valence-corrected chi connectivity index (χ4v) is 3.84. The molecule has 0 amide bonds. The molecule has 152 valence electrons. The van der Waals surface area contributed by atoms with Crippen LogP contribution in [0.2, 0.25) is 0 Å². The van der Waals surface area contributed by atoms with E-state index < -0.39 is 0 Å². The fourth-order valence-electron chi connectivity index (χ4n) is 3.44. The van der Waals surface area contributed by atoms with Gasteiger partial charge >= 0.3 is 0 Å². The zero-order chi connectivity index (χ0) is 20.5. The van der Waals surface area contributed by atoms with Crippen LogP contribution in [0.5, 0.6) is 5.75 Å². The van der Waals surface area contributed by atoms with Gasteiger partial charge in [0, 0.05) is 10.5 Å². The number of benzene rings is 2. The van der Waals surface area contributed by atoms with Crippen LogP contribution < -0.4 is 4.74 Å². The van der Waals surface area contributed by atoms with Crippen LogP contribution in [0.25, 0.3) is 23.0 Å². The molecule has 0 spiro atoms. The number of rotatable bonds is 5. The van der Waals surface area contributed by atoms with Gasteiger partial charge in [-0.1, -0.05) is 17.3 Å². The summed E-state index contributed by atoms with van der Waals surface area (Å²) in [6.07, 6.45) is 1.98.